The number of likely N-dealkylation sites (tertiary alicyclic amines) is 1. The molecule has 0 aromatic heterocycles. The van der Waals surface area contributed by atoms with Crippen LogP contribution in [0.4, 0.5) is 0 Å². The fraction of sp³-hybridized carbons (Fsp3) is 0.481. The van der Waals surface area contributed by atoms with Crippen LogP contribution in [0.25, 0.3) is 11.1 Å². The van der Waals surface area contributed by atoms with Crippen molar-refractivity contribution < 1.29 is 19.4 Å². The molecular formula is C27H38N2O4S. The number of benzene rings is 2. The van der Waals surface area contributed by atoms with E-state index in [0.29, 0.717) is 23.8 Å². The average molecular weight is 487 g/mol. The van der Waals surface area contributed by atoms with Crippen LogP contribution in [0.5, 0.6) is 0 Å². The van der Waals surface area contributed by atoms with Gasteiger partial charge in [0.2, 0.25) is 0 Å². The predicted octanol–water partition coefficient (Wildman–Crippen LogP) is 4.85. The maximum Gasteiger partial charge on any atom is 0.326 e. The Bertz CT molecular complexity index is 950. The minimum atomic E-state index is -1.00. The lowest BCUT2D eigenvalue weighted by Crippen LogP contribution is -2.41. The fourth-order valence-corrected chi connectivity index (χ4v) is 4.65. The lowest BCUT2D eigenvalue weighted by Gasteiger charge is -2.22. The van der Waals surface area contributed by atoms with E-state index in [-0.39, 0.29) is 5.91 Å². The van der Waals surface area contributed by atoms with Gasteiger partial charge in [0.15, 0.2) is 0 Å². The standard InChI is InChI=1S/C25H32N2O3S.C2H6O/c1-17-7-4-5-9-20(17)22-15-19(16-27-13-6-8-18(27)2)10-11-21(22)24(28)26-23(25(29)30)12-14-31-3;1-3-2/h4-5,7,9-11,15,18,23H,6,8,12-14,16H2,1-3H3,(H,26,28)(H,29,30);1-2H3. The third kappa shape index (κ3) is 7.86. The normalized spacial score (nSPS) is 16.4. The van der Waals surface area contributed by atoms with Crippen LogP contribution < -0.4 is 5.32 Å². The Hall–Kier alpha value is -2.35. The van der Waals surface area contributed by atoms with E-state index in [2.05, 4.69) is 27.9 Å². The second-order valence-corrected chi connectivity index (χ2v) is 9.70. The topological polar surface area (TPSA) is 78.9 Å². The largest absolute Gasteiger partial charge is 0.480 e. The smallest absolute Gasteiger partial charge is 0.326 e. The number of aliphatic carboxylic acids is 1. The number of carbonyl (C=O) groups is 2. The zero-order valence-corrected chi connectivity index (χ0v) is 21.8. The van der Waals surface area contributed by atoms with Crippen molar-refractivity contribution in [3.8, 4) is 11.1 Å². The second-order valence-electron chi connectivity index (χ2n) is 8.71. The van der Waals surface area contributed by atoms with Gasteiger partial charge in [-0.1, -0.05) is 30.3 Å². The number of hydrogen-bond donors (Lipinski definition) is 2. The predicted molar refractivity (Wildman–Crippen MR) is 141 cm³/mol. The van der Waals surface area contributed by atoms with Crippen LogP contribution in [0.15, 0.2) is 42.5 Å². The Morgan fingerprint density at radius 3 is 2.50 bits per heavy atom. The number of thioether (sulfide) groups is 1. The van der Waals surface area contributed by atoms with E-state index >= 15 is 0 Å². The molecule has 2 aromatic rings. The molecule has 0 spiro atoms. The van der Waals surface area contributed by atoms with Gasteiger partial charge in [-0.05, 0) is 86.0 Å². The maximum absolute atomic E-state index is 13.1. The van der Waals surface area contributed by atoms with Crippen LogP contribution in [0.1, 0.15) is 47.7 Å². The van der Waals surface area contributed by atoms with E-state index in [4.69, 9.17) is 0 Å². The Morgan fingerprint density at radius 2 is 1.91 bits per heavy atom. The molecule has 1 fully saturated rings. The maximum atomic E-state index is 13.1. The highest BCUT2D eigenvalue weighted by molar-refractivity contribution is 7.98. The van der Waals surface area contributed by atoms with Gasteiger partial charge in [0.1, 0.15) is 6.04 Å². The number of carboxylic acids is 1. The molecule has 0 bridgehead atoms. The molecule has 2 N–H and O–H groups in total. The summed E-state index contributed by atoms with van der Waals surface area (Å²) < 4.78 is 4.25. The number of amides is 1. The summed E-state index contributed by atoms with van der Waals surface area (Å²) >= 11 is 1.57. The number of hydrogen-bond acceptors (Lipinski definition) is 5. The molecule has 0 aliphatic carbocycles. The quantitative estimate of drug-likeness (QED) is 0.528. The van der Waals surface area contributed by atoms with Gasteiger partial charge in [-0.15, -0.1) is 0 Å². The van der Waals surface area contributed by atoms with E-state index in [1.807, 2.05) is 49.6 Å². The van der Waals surface area contributed by atoms with Crippen LogP contribution in [0.3, 0.4) is 0 Å². The highest BCUT2D eigenvalue weighted by Crippen LogP contribution is 2.29. The lowest BCUT2D eigenvalue weighted by atomic mass is 9.93. The summed E-state index contributed by atoms with van der Waals surface area (Å²) in [6.07, 6.45) is 4.76. The van der Waals surface area contributed by atoms with E-state index in [9.17, 15) is 14.7 Å². The molecular weight excluding hydrogens is 448 g/mol. The summed E-state index contributed by atoms with van der Waals surface area (Å²) in [5.74, 6) is -0.665. The third-order valence-corrected chi connectivity index (χ3v) is 6.70. The van der Waals surface area contributed by atoms with Crippen molar-refractivity contribution in [1.82, 2.24) is 10.2 Å². The molecule has 1 aliphatic heterocycles. The Balaban J connectivity index is 0.00000129. The summed E-state index contributed by atoms with van der Waals surface area (Å²) in [7, 11) is 3.25. The van der Waals surface area contributed by atoms with Crippen LogP contribution in [-0.2, 0) is 16.1 Å². The molecule has 0 radical (unpaired) electrons. The zero-order valence-electron chi connectivity index (χ0n) is 21.0. The van der Waals surface area contributed by atoms with Crippen molar-refractivity contribution in [3.63, 3.8) is 0 Å². The van der Waals surface area contributed by atoms with Crippen molar-refractivity contribution in [1.29, 1.82) is 0 Å². The SMILES string of the molecule is COC.CSCCC(NC(=O)c1ccc(CN2CCCC2C)cc1-c1ccccc1C)C(=O)O. The molecule has 1 saturated heterocycles. The minimum Gasteiger partial charge on any atom is -0.480 e. The van der Waals surface area contributed by atoms with Crippen molar-refractivity contribution >= 4 is 23.6 Å². The molecule has 3 rings (SSSR count). The molecule has 2 unspecified atom stereocenters. The number of carbonyl (C=O) groups excluding carboxylic acids is 1. The molecule has 7 heteroatoms. The van der Waals surface area contributed by atoms with Crippen LogP contribution in [0, 0.1) is 6.92 Å². The number of nitrogens with one attached hydrogen (secondary N) is 1. The van der Waals surface area contributed by atoms with Crippen LogP contribution >= 0.6 is 11.8 Å². The number of nitrogens with zero attached hydrogens (tertiary/aromatic N) is 1. The van der Waals surface area contributed by atoms with Gasteiger partial charge in [-0.3, -0.25) is 9.69 Å². The van der Waals surface area contributed by atoms with Crippen molar-refractivity contribution in [2.75, 3.05) is 32.8 Å². The molecule has 1 amide bonds. The van der Waals surface area contributed by atoms with Gasteiger partial charge < -0.3 is 15.2 Å². The molecule has 186 valence electrons. The summed E-state index contributed by atoms with van der Waals surface area (Å²) in [5, 5.41) is 12.3. The number of methoxy groups -OCH3 is 1. The van der Waals surface area contributed by atoms with Gasteiger partial charge in [0, 0.05) is 32.4 Å². The number of ether oxygens (including phenoxy) is 1. The minimum absolute atomic E-state index is 0.340. The van der Waals surface area contributed by atoms with Crippen LogP contribution in [0.2, 0.25) is 0 Å². The molecule has 2 atom stereocenters. The van der Waals surface area contributed by atoms with Gasteiger partial charge >= 0.3 is 5.97 Å². The molecule has 6 nitrogen and oxygen atoms in total. The Labute approximate surface area is 208 Å². The lowest BCUT2D eigenvalue weighted by molar-refractivity contribution is -0.139. The number of rotatable bonds is 9. The summed E-state index contributed by atoms with van der Waals surface area (Å²) in [4.78, 5) is 27.2. The van der Waals surface area contributed by atoms with Gasteiger partial charge in [0.05, 0.1) is 0 Å². The molecule has 2 aromatic carbocycles. The highest BCUT2D eigenvalue weighted by atomic mass is 32.2. The van der Waals surface area contributed by atoms with Crippen molar-refractivity contribution in [2.24, 2.45) is 0 Å². The monoisotopic (exact) mass is 486 g/mol. The first-order valence-electron chi connectivity index (χ1n) is 11.7. The van der Waals surface area contributed by atoms with Crippen LogP contribution in [-0.4, -0.2) is 66.7 Å². The first-order chi connectivity index (χ1) is 16.3. The zero-order chi connectivity index (χ0) is 25.1. The summed E-state index contributed by atoms with van der Waals surface area (Å²) in [6, 6.07) is 13.6. The van der Waals surface area contributed by atoms with Crippen molar-refractivity contribution in [2.45, 2.75) is 51.7 Å². The molecule has 1 aliphatic rings. The number of carboxylic acid groups (broad SMARTS) is 1. The van der Waals surface area contributed by atoms with Gasteiger partial charge in [0.25, 0.3) is 5.91 Å². The van der Waals surface area contributed by atoms with E-state index < -0.39 is 12.0 Å². The average Bonchev–Trinajstić information content (AvgIpc) is 3.21. The van der Waals surface area contributed by atoms with Gasteiger partial charge in [-0.2, -0.15) is 11.8 Å². The first-order valence-corrected chi connectivity index (χ1v) is 13.1. The highest BCUT2D eigenvalue weighted by Gasteiger charge is 2.24. The van der Waals surface area contributed by atoms with E-state index in [1.54, 1.807) is 26.0 Å². The van der Waals surface area contributed by atoms with E-state index in [1.165, 1.54) is 18.4 Å². The van der Waals surface area contributed by atoms with Crippen molar-refractivity contribution in [3.05, 3.63) is 59.2 Å². The molecule has 1 heterocycles. The molecule has 0 saturated carbocycles. The fourth-order valence-electron chi connectivity index (χ4n) is 4.18. The molecule has 34 heavy (non-hydrogen) atoms. The Kier molecular flexibility index (Phi) is 11.6. The number of aryl methyl sites for hydroxylation is 1. The second kappa shape index (κ2) is 14.1. The summed E-state index contributed by atoms with van der Waals surface area (Å²) in [5.41, 5.74) is 4.62. The van der Waals surface area contributed by atoms with E-state index in [0.717, 1.165) is 29.8 Å². The third-order valence-electron chi connectivity index (χ3n) is 6.05. The Morgan fingerprint density at radius 1 is 1.21 bits per heavy atom. The first kappa shape index (κ1) is 27.9. The van der Waals surface area contributed by atoms with Gasteiger partial charge in [-0.25, -0.2) is 4.79 Å². The summed E-state index contributed by atoms with van der Waals surface area (Å²) in [6.45, 7) is 6.24.